The highest BCUT2D eigenvalue weighted by molar-refractivity contribution is 5.76. The van der Waals surface area contributed by atoms with E-state index < -0.39 is 0 Å². The first-order chi connectivity index (χ1) is 9.89. The van der Waals surface area contributed by atoms with Crippen molar-refractivity contribution in [1.82, 2.24) is 5.32 Å². The molecule has 0 radical (unpaired) electrons. The van der Waals surface area contributed by atoms with Gasteiger partial charge in [0.15, 0.2) is 0 Å². The van der Waals surface area contributed by atoms with Gasteiger partial charge in [0.25, 0.3) is 0 Å². The minimum Gasteiger partial charge on any atom is -0.353 e. The summed E-state index contributed by atoms with van der Waals surface area (Å²) in [4.78, 5) is 12.0. The Morgan fingerprint density at radius 1 is 1.24 bits per heavy atom. The van der Waals surface area contributed by atoms with Crippen molar-refractivity contribution in [1.29, 1.82) is 0 Å². The average Bonchev–Trinajstić information content (AvgIpc) is 2.46. The molecule has 0 aromatic carbocycles. The summed E-state index contributed by atoms with van der Waals surface area (Å²) in [7, 11) is 0. The smallest absolute Gasteiger partial charge is 0.220 e. The molecule has 0 heterocycles. The number of carbonyl (C=O) groups excluding carboxylic acids is 1. The number of rotatable bonds is 8. The van der Waals surface area contributed by atoms with Crippen molar-refractivity contribution in [3.05, 3.63) is 0 Å². The molecule has 1 unspecified atom stereocenters. The molecule has 0 saturated heterocycles. The van der Waals surface area contributed by atoms with Crippen molar-refractivity contribution in [3.8, 4) is 0 Å². The lowest BCUT2D eigenvalue weighted by Gasteiger charge is -2.39. The standard InChI is InChI=1S/C18H36N2O/c1-5-18(3,4)15-7-9-16(10-8-15)20-17(21)11-6-14(2)12-13-19/h14-16H,5-13,19H2,1-4H3,(H,20,21). The van der Waals surface area contributed by atoms with Crippen molar-refractivity contribution in [3.63, 3.8) is 0 Å². The summed E-state index contributed by atoms with van der Waals surface area (Å²) in [5.41, 5.74) is 6.00. The zero-order valence-electron chi connectivity index (χ0n) is 14.6. The van der Waals surface area contributed by atoms with E-state index in [9.17, 15) is 4.79 Å². The number of carbonyl (C=O) groups is 1. The summed E-state index contributed by atoms with van der Waals surface area (Å²) in [5.74, 6) is 1.61. The number of hydrogen-bond donors (Lipinski definition) is 2. The van der Waals surface area contributed by atoms with Crippen molar-refractivity contribution < 1.29 is 4.79 Å². The van der Waals surface area contributed by atoms with Gasteiger partial charge in [-0.25, -0.2) is 0 Å². The second kappa shape index (κ2) is 8.77. The van der Waals surface area contributed by atoms with Crippen LogP contribution in [0.3, 0.4) is 0 Å². The lowest BCUT2D eigenvalue weighted by Crippen LogP contribution is -2.39. The molecule has 1 atom stereocenters. The zero-order valence-corrected chi connectivity index (χ0v) is 14.6. The largest absolute Gasteiger partial charge is 0.353 e. The highest BCUT2D eigenvalue weighted by atomic mass is 16.1. The summed E-state index contributed by atoms with van der Waals surface area (Å²) in [6, 6.07) is 0.409. The summed E-state index contributed by atoms with van der Waals surface area (Å²) in [5, 5.41) is 3.24. The third-order valence-electron chi connectivity index (χ3n) is 5.63. The van der Waals surface area contributed by atoms with Crippen molar-refractivity contribution in [2.45, 2.75) is 85.1 Å². The molecule has 0 aromatic heterocycles. The van der Waals surface area contributed by atoms with E-state index >= 15 is 0 Å². The molecule has 1 aliphatic carbocycles. The fourth-order valence-electron chi connectivity index (χ4n) is 3.41. The van der Waals surface area contributed by atoms with Gasteiger partial charge in [-0.3, -0.25) is 4.79 Å². The molecule has 3 nitrogen and oxygen atoms in total. The number of hydrogen-bond acceptors (Lipinski definition) is 2. The molecular formula is C18H36N2O. The number of amides is 1. The highest BCUT2D eigenvalue weighted by Crippen LogP contribution is 2.40. The summed E-state index contributed by atoms with van der Waals surface area (Å²) in [6.07, 6.45) is 8.70. The monoisotopic (exact) mass is 296 g/mol. The first-order valence-electron chi connectivity index (χ1n) is 8.88. The van der Waals surface area contributed by atoms with Gasteiger partial charge in [0.1, 0.15) is 0 Å². The quantitative estimate of drug-likeness (QED) is 0.714. The third-order valence-corrected chi connectivity index (χ3v) is 5.63. The van der Waals surface area contributed by atoms with Crippen molar-refractivity contribution >= 4 is 5.91 Å². The van der Waals surface area contributed by atoms with Gasteiger partial charge in [-0.15, -0.1) is 0 Å². The van der Waals surface area contributed by atoms with Gasteiger partial charge in [-0.2, -0.15) is 0 Å². The molecule has 0 aromatic rings. The van der Waals surface area contributed by atoms with E-state index in [2.05, 4.69) is 33.0 Å². The molecule has 3 heteroatoms. The van der Waals surface area contributed by atoms with Gasteiger partial charge in [-0.1, -0.05) is 34.1 Å². The van der Waals surface area contributed by atoms with Gasteiger partial charge in [0.2, 0.25) is 5.91 Å². The summed E-state index contributed by atoms with van der Waals surface area (Å²) < 4.78 is 0. The minimum absolute atomic E-state index is 0.233. The lowest BCUT2D eigenvalue weighted by molar-refractivity contribution is -0.122. The molecule has 1 amide bonds. The van der Waals surface area contributed by atoms with Crippen LogP contribution >= 0.6 is 0 Å². The molecule has 1 rings (SSSR count). The van der Waals surface area contributed by atoms with Crippen LogP contribution < -0.4 is 11.1 Å². The van der Waals surface area contributed by atoms with E-state index in [1.807, 2.05) is 0 Å². The fraction of sp³-hybridized carbons (Fsp3) is 0.944. The Morgan fingerprint density at radius 2 is 1.86 bits per heavy atom. The fourth-order valence-corrected chi connectivity index (χ4v) is 3.41. The molecular weight excluding hydrogens is 260 g/mol. The number of nitrogens with one attached hydrogen (secondary N) is 1. The normalized spacial score (nSPS) is 24.6. The molecule has 0 bridgehead atoms. The Balaban J connectivity index is 2.24. The minimum atomic E-state index is 0.233. The van der Waals surface area contributed by atoms with Gasteiger partial charge in [0, 0.05) is 12.5 Å². The van der Waals surface area contributed by atoms with E-state index in [1.54, 1.807) is 0 Å². The zero-order chi connectivity index (χ0) is 15.9. The van der Waals surface area contributed by atoms with Gasteiger partial charge < -0.3 is 11.1 Å². The maximum atomic E-state index is 12.0. The van der Waals surface area contributed by atoms with Crippen molar-refractivity contribution in [2.75, 3.05) is 6.54 Å². The Bertz CT molecular complexity index is 306. The third kappa shape index (κ3) is 6.37. The second-order valence-corrected chi connectivity index (χ2v) is 7.68. The predicted molar refractivity (Wildman–Crippen MR) is 90.0 cm³/mol. The molecule has 124 valence electrons. The lowest BCUT2D eigenvalue weighted by atomic mass is 9.69. The van der Waals surface area contributed by atoms with Crippen LogP contribution in [-0.4, -0.2) is 18.5 Å². The number of nitrogens with two attached hydrogens (primary N) is 1. The molecule has 0 spiro atoms. The van der Waals surface area contributed by atoms with E-state index in [4.69, 9.17) is 5.73 Å². The SMILES string of the molecule is CCC(C)(C)C1CCC(NC(=O)CCC(C)CCN)CC1. The van der Waals surface area contributed by atoms with Crippen LogP contribution in [-0.2, 0) is 4.79 Å². The Kier molecular flexibility index (Phi) is 7.72. The molecule has 1 fully saturated rings. The van der Waals surface area contributed by atoms with Crippen LogP contribution in [0.5, 0.6) is 0 Å². The van der Waals surface area contributed by atoms with Crippen LogP contribution in [0.15, 0.2) is 0 Å². The Morgan fingerprint density at radius 3 is 2.38 bits per heavy atom. The molecule has 0 aliphatic heterocycles. The Labute approximate surface area is 131 Å². The average molecular weight is 296 g/mol. The molecule has 21 heavy (non-hydrogen) atoms. The first-order valence-corrected chi connectivity index (χ1v) is 8.88. The first kappa shape index (κ1) is 18.5. The van der Waals surface area contributed by atoms with E-state index in [0.29, 0.717) is 23.8 Å². The van der Waals surface area contributed by atoms with Crippen LogP contribution in [0.1, 0.15) is 79.1 Å². The van der Waals surface area contributed by atoms with E-state index in [1.165, 1.54) is 19.3 Å². The van der Waals surface area contributed by atoms with E-state index in [0.717, 1.165) is 38.1 Å². The molecule has 1 saturated carbocycles. The van der Waals surface area contributed by atoms with Crippen LogP contribution in [0.4, 0.5) is 0 Å². The second-order valence-electron chi connectivity index (χ2n) is 7.68. The van der Waals surface area contributed by atoms with Gasteiger partial charge in [-0.05, 0) is 62.3 Å². The van der Waals surface area contributed by atoms with Crippen LogP contribution in [0.25, 0.3) is 0 Å². The van der Waals surface area contributed by atoms with Crippen LogP contribution in [0.2, 0.25) is 0 Å². The van der Waals surface area contributed by atoms with E-state index in [-0.39, 0.29) is 5.91 Å². The summed E-state index contributed by atoms with van der Waals surface area (Å²) >= 11 is 0. The molecule has 3 N–H and O–H groups in total. The van der Waals surface area contributed by atoms with Crippen molar-refractivity contribution in [2.24, 2.45) is 23.0 Å². The Hall–Kier alpha value is -0.570. The topological polar surface area (TPSA) is 55.1 Å². The maximum absolute atomic E-state index is 12.0. The molecule has 1 aliphatic rings. The van der Waals surface area contributed by atoms with Gasteiger partial charge >= 0.3 is 0 Å². The van der Waals surface area contributed by atoms with Crippen LogP contribution in [0, 0.1) is 17.3 Å². The summed E-state index contributed by atoms with van der Waals surface area (Å²) in [6.45, 7) is 9.96. The van der Waals surface area contributed by atoms with Gasteiger partial charge in [0.05, 0.1) is 0 Å². The predicted octanol–water partition coefficient (Wildman–Crippen LogP) is 3.86. The maximum Gasteiger partial charge on any atom is 0.220 e. The highest BCUT2D eigenvalue weighted by Gasteiger charge is 2.32.